The van der Waals surface area contributed by atoms with Crippen molar-refractivity contribution in [2.24, 2.45) is 7.05 Å². The van der Waals surface area contributed by atoms with Crippen molar-refractivity contribution in [1.29, 1.82) is 0 Å². The van der Waals surface area contributed by atoms with Crippen LogP contribution in [-0.4, -0.2) is 55.4 Å². The maximum atomic E-state index is 13.0. The lowest BCUT2D eigenvalue weighted by atomic mass is 10.2. The first-order valence-corrected chi connectivity index (χ1v) is 9.41. The number of fused-ring (bicyclic) bond motifs is 1. The number of aryl methyl sites for hydroxylation is 1. The normalized spacial score (nSPS) is 11.1. The van der Waals surface area contributed by atoms with Gasteiger partial charge in [0, 0.05) is 37.6 Å². The molecule has 154 valence electrons. The number of likely N-dealkylation sites (N-methyl/N-ethyl adjacent to an activating group) is 1. The molecule has 0 saturated heterocycles. The van der Waals surface area contributed by atoms with Crippen LogP contribution in [0.5, 0.6) is 5.75 Å². The third-order valence-electron chi connectivity index (χ3n) is 4.94. The lowest BCUT2D eigenvalue weighted by molar-refractivity contribution is 0.0767. The predicted molar refractivity (Wildman–Crippen MR) is 109 cm³/mol. The van der Waals surface area contributed by atoms with Crippen LogP contribution in [0, 0.1) is 12.7 Å². The lowest BCUT2D eigenvalue weighted by Crippen LogP contribution is -2.31. The van der Waals surface area contributed by atoms with Gasteiger partial charge in [0.2, 0.25) is 0 Å². The zero-order chi connectivity index (χ0) is 21.3. The van der Waals surface area contributed by atoms with Gasteiger partial charge in [0.15, 0.2) is 11.3 Å². The number of hydrogen-bond donors (Lipinski definition) is 0. The highest BCUT2D eigenvalue weighted by molar-refractivity contribution is 5.93. The molecule has 30 heavy (non-hydrogen) atoms. The number of aromatic nitrogens is 5. The molecule has 4 aromatic rings. The largest absolute Gasteiger partial charge is 0.492 e. The molecule has 1 amide bonds. The molecule has 3 aromatic heterocycles. The Bertz CT molecular complexity index is 1200. The first kappa shape index (κ1) is 19.6. The number of ether oxygens (including phenoxy) is 1. The molecule has 0 N–H and O–H groups in total. The van der Waals surface area contributed by atoms with E-state index in [2.05, 4.69) is 15.2 Å². The summed E-state index contributed by atoms with van der Waals surface area (Å²) in [5, 5.41) is 8.76. The van der Waals surface area contributed by atoms with E-state index in [1.54, 1.807) is 46.8 Å². The molecule has 0 aliphatic carbocycles. The fourth-order valence-corrected chi connectivity index (χ4v) is 3.08. The van der Waals surface area contributed by atoms with E-state index in [-0.39, 0.29) is 18.3 Å². The number of hydrogen-bond acceptors (Lipinski definition) is 5. The Morgan fingerprint density at radius 1 is 1.23 bits per heavy atom. The topological polar surface area (TPSA) is 77.6 Å². The van der Waals surface area contributed by atoms with Crippen molar-refractivity contribution >= 4 is 11.6 Å². The van der Waals surface area contributed by atoms with Crippen LogP contribution in [0.3, 0.4) is 0 Å². The van der Waals surface area contributed by atoms with Crippen LogP contribution < -0.4 is 4.74 Å². The van der Waals surface area contributed by atoms with Gasteiger partial charge in [-0.05, 0) is 37.3 Å². The molecule has 8 nitrogen and oxygen atoms in total. The highest BCUT2D eigenvalue weighted by atomic mass is 19.1. The number of halogens is 1. The molecule has 0 bridgehead atoms. The van der Waals surface area contributed by atoms with E-state index < -0.39 is 0 Å². The number of rotatable bonds is 6. The van der Waals surface area contributed by atoms with Crippen molar-refractivity contribution in [3.8, 4) is 17.0 Å². The van der Waals surface area contributed by atoms with Gasteiger partial charge in [-0.15, -0.1) is 0 Å². The van der Waals surface area contributed by atoms with Crippen LogP contribution in [-0.2, 0) is 7.05 Å². The monoisotopic (exact) mass is 408 g/mol. The SMILES string of the molecule is Cc1c(-c2ccnc3cc(C(=O)N(C)CCOc4ccc(F)cc4)nn23)cnn1C. The fraction of sp³-hybridized carbons (Fsp3) is 0.238. The molecule has 9 heteroatoms. The Labute approximate surface area is 172 Å². The van der Waals surface area contributed by atoms with Gasteiger partial charge in [-0.3, -0.25) is 9.48 Å². The number of nitrogens with zero attached hydrogens (tertiary/aromatic N) is 6. The van der Waals surface area contributed by atoms with E-state index in [1.165, 1.54) is 17.0 Å². The van der Waals surface area contributed by atoms with Gasteiger partial charge in [-0.2, -0.15) is 10.2 Å². The molecule has 0 aliphatic heterocycles. The summed E-state index contributed by atoms with van der Waals surface area (Å²) in [6.45, 7) is 2.60. The summed E-state index contributed by atoms with van der Waals surface area (Å²) in [7, 11) is 3.55. The smallest absolute Gasteiger partial charge is 0.274 e. The molecule has 0 fully saturated rings. The van der Waals surface area contributed by atoms with Crippen molar-refractivity contribution < 1.29 is 13.9 Å². The Kier molecular flexibility index (Phi) is 5.18. The highest BCUT2D eigenvalue weighted by Gasteiger charge is 2.19. The Hall–Kier alpha value is -3.75. The zero-order valence-corrected chi connectivity index (χ0v) is 16.9. The minimum atomic E-state index is -0.323. The molecule has 0 saturated carbocycles. The van der Waals surface area contributed by atoms with Crippen LogP contribution >= 0.6 is 0 Å². The summed E-state index contributed by atoms with van der Waals surface area (Å²) in [6.07, 6.45) is 3.46. The number of benzene rings is 1. The second-order valence-electron chi connectivity index (χ2n) is 6.93. The minimum Gasteiger partial charge on any atom is -0.492 e. The molecule has 0 atom stereocenters. The predicted octanol–water partition coefficient (Wildman–Crippen LogP) is 2.73. The molecule has 3 heterocycles. The van der Waals surface area contributed by atoms with E-state index in [4.69, 9.17) is 4.74 Å². The fourth-order valence-electron chi connectivity index (χ4n) is 3.08. The average Bonchev–Trinajstić information content (AvgIpc) is 3.32. The van der Waals surface area contributed by atoms with Gasteiger partial charge >= 0.3 is 0 Å². The van der Waals surface area contributed by atoms with Crippen LogP contribution in [0.1, 0.15) is 16.2 Å². The van der Waals surface area contributed by atoms with Crippen molar-refractivity contribution in [3.63, 3.8) is 0 Å². The summed E-state index contributed by atoms with van der Waals surface area (Å²) < 4.78 is 21.9. The standard InChI is InChI=1S/C21H21FN6O2/c1-14-17(13-24-27(14)3)19-8-9-23-20-12-18(25-28(19)20)21(29)26(2)10-11-30-16-6-4-15(22)5-7-16/h4-9,12-13H,10-11H2,1-3H3. The van der Waals surface area contributed by atoms with Crippen molar-refractivity contribution in [2.75, 3.05) is 20.2 Å². The molecule has 0 radical (unpaired) electrons. The van der Waals surface area contributed by atoms with Gasteiger partial charge in [0.25, 0.3) is 5.91 Å². The third kappa shape index (κ3) is 3.73. The average molecular weight is 408 g/mol. The quantitative estimate of drug-likeness (QED) is 0.490. The summed E-state index contributed by atoms with van der Waals surface area (Å²) in [6, 6.07) is 9.26. The summed E-state index contributed by atoms with van der Waals surface area (Å²) in [5.74, 6) is -0.0151. The summed E-state index contributed by atoms with van der Waals surface area (Å²) in [4.78, 5) is 18.7. The molecular weight excluding hydrogens is 387 g/mol. The maximum Gasteiger partial charge on any atom is 0.274 e. The first-order valence-electron chi connectivity index (χ1n) is 9.41. The van der Waals surface area contributed by atoms with Crippen molar-refractivity contribution in [3.05, 3.63) is 66.0 Å². The molecule has 4 rings (SSSR count). The summed E-state index contributed by atoms with van der Waals surface area (Å²) in [5.41, 5.74) is 3.59. The molecular formula is C21H21FN6O2. The highest BCUT2D eigenvalue weighted by Crippen LogP contribution is 2.23. The van der Waals surface area contributed by atoms with Gasteiger partial charge in [0.05, 0.1) is 18.4 Å². The van der Waals surface area contributed by atoms with Gasteiger partial charge in [0.1, 0.15) is 18.2 Å². The Balaban J connectivity index is 1.50. The first-order chi connectivity index (χ1) is 14.4. The molecule has 0 unspecified atom stereocenters. The second-order valence-corrected chi connectivity index (χ2v) is 6.93. The van der Waals surface area contributed by atoms with Gasteiger partial charge < -0.3 is 9.64 Å². The van der Waals surface area contributed by atoms with E-state index in [9.17, 15) is 9.18 Å². The molecule has 1 aromatic carbocycles. The Morgan fingerprint density at radius 2 is 2.00 bits per heavy atom. The second kappa shape index (κ2) is 7.94. The van der Waals surface area contributed by atoms with Crippen LogP contribution in [0.2, 0.25) is 0 Å². The van der Waals surface area contributed by atoms with Crippen molar-refractivity contribution in [1.82, 2.24) is 29.3 Å². The number of carbonyl (C=O) groups is 1. The van der Waals surface area contributed by atoms with Gasteiger partial charge in [-0.1, -0.05) is 0 Å². The molecule has 0 spiro atoms. The molecule has 0 aliphatic rings. The van der Waals surface area contributed by atoms with E-state index in [0.29, 0.717) is 23.6 Å². The Morgan fingerprint density at radius 3 is 2.70 bits per heavy atom. The van der Waals surface area contributed by atoms with Gasteiger partial charge in [-0.25, -0.2) is 13.9 Å². The van der Waals surface area contributed by atoms with E-state index in [0.717, 1.165) is 17.0 Å². The third-order valence-corrected chi connectivity index (χ3v) is 4.94. The lowest BCUT2D eigenvalue weighted by Gasteiger charge is -2.16. The minimum absolute atomic E-state index is 0.239. The van der Waals surface area contributed by atoms with Crippen LogP contribution in [0.25, 0.3) is 16.9 Å². The summed E-state index contributed by atoms with van der Waals surface area (Å²) >= 11 is 0. The van der Waals surface area contributed by atoms with Crippen molar-refractivity contribution in [2.45, 2.75) is 6.92 Å². The van der Waals surface area contributed by atoms with E-state index in [1.807, 2.05) is 20.0 Å². The number of carbonyl (C=O) groups excluding carboxylic acids is 1. The van der Waals surface area contributed by atoms with E-state index >= 15 is 0 Å². The maximum absolute atomic E-state index is 13.0. The van der Waals surface area contributed by atoms with Crippen LogP contribution in [0.4, 0.5) is 4.39 Å². The van der Waals surface area contributed by atoms with Crippen LogP contribution in [0.15, 0.2) is 48.8 Å². The number of amides is 1. The zero-order valence-electron chi connectivity index (χ0n) is 16.9.